The van der Waals surface area contributed by atoms with E-state index in [0.717, 1.165) is 42.9 Å². The lowest BCUT2D eigenvalue weighted by molar-refractivity contribution is 0.309. The molecule has 0 amide bonds. The first-order valence-electron chi connectivity index (χ1n) is 11.3. The predicted octanol–water partition coefficient (Wildman–Crippen LogP) is 5.99. The van der Waals surface area contributed by atoms with Crippen LogP contribution in [0.1, 0.15) is 24.3 Å². The second kappa shape index (κ2) is 10.4. The standard InChI is InChI=1S/C28H27N3OS/c1-3-30(4-2)16-14-27-25(15-17-33-27)22-18-26(24-13-9-8-10-21(24)19-29)28(32)31(20-22)23-11-6-5-7-12-23/h5-13,15,17-18,20H,3-4,14,16H2,1-2H3. The van der Waals surface area contributed by atoms with Crippen molar-refractivity contribution in [3.05, 3.63) is 99.1 Å². The summed E-state index contributed by atoms with van der Waals surface area (Å²) in [6, 6.07) is 23.3. The monoisotopic (exact) mass is 453 g/mol. The topological polar surface area (TPSA) is 49.0 Å². The lowest BCUT2D eigenvalue weighted by Crippen LogP contribution is -2.25. The molecule has 0 aliphatic rings. The van der Waals surface area contributed by atoms with Gasteiger partial charge in [-0.3, -0.25) is 9.36 Å². The van der Waals surface area contributed by atoms with E-state index in [1.54, 1.807) is 22.0 Å². The van der Waals surface area contributed by atoms with Gasteiger partial charge in [0.1, 0.15) is 0 Å². The summed E-state index contributed by atoms with van der Waals surface area (Å²) in [5.41, 5.74) is 4.50. The van der Waals surface area contributed by atoms with E-state index >= 15 is 0 Å². The van der Waals surface area contributed by atoms with Gasteiger partial charge in [0.25, 0.3) is 5.56 Å². The molecule has 2 heterocycles. The fourth-order valence-electron chi connectivity index (χ4n) is 4.11. The molecular formula is C28H27N3OS. The van der Waals surface area contributed by atoms with Gasteiger partial charge in [-0.25, -0.2) is 0 Å². The van der Waals surface area contributed by atoms with E-state index < -0.39 is 0 Å². The van der Waals surface area contributed by atoms with Gasteiger partial charge < -0.3 is 4.90 Å². The van der Waals surface area contributed by atoms with Crippen molar-refractivity contribution in [2.75, 3.05) is 19.6 Å². The number of benzene rings is 2. The zero-order valence-corrected chi connectivity index (χ0v) is 19.8. The van der Waals surface area contributed by atoms with Crippen LogP contribution < -0.4 is 5.56 Å². The molecule has 166 valence electrons. The van der Waals surface area contributed by atoms with Gasteiger partial charge >= 0.3 is 0 Å². The first-order valence-corrected chi connectivity index (χ1v) is 12.1. The minimum absolute atomic E-state index is 0.132. The van der Waals surface area contributed by atoms with Gasteiger partial charge in [-0.15, -0.1) is 11.3 Å². The molecule has 0 radical (unpaired) electrons. The van der Waals surface area contributed by atoms with Crippen LogP contribution in [0, 0.1) is 11.3 Å². The summed E-state index contributed by atoms with van der Waals surface area (Å²) in [7, 11) is 0. The van der Waals surface area contributed by atoms with Crippen molar-refractivity contribution >= 4 is 11.3 Å². The summed E-state index contributed by atoms with van der Waals surface area (Å²) in [5, 5.41) is 11.8. The summed E-state index contributed by atoms with van der Waals surface area (Å²) in [6.07, 6.45) is 2.89. The number of likely N-dealkylation sites (N-methyl/N-ethyl adjacent to an activating group) is 1. The van der Waals surface area contributed by atoms with Crippen molar-refractivity contribution in [1.82, 2.24) is 9.47 Å². The molecule has 0 aliphatic heterocycles. The van der Waals surface area contributed by atoms with Gasteiger partial charge in [-0.2, -0.15) is 5.26 Å². The number of para-hydroxylation sites is 1. The second-order valence-corrected chi connectivity index (χ2v) is 8.85. The largest absolute Gasteiger partial charge is 0.304 e. The molecule has 0 fully saturated rings. The molecule has 5 heteroatoms. The number of thiophene rings is 1. The average Bonchev–Trinajstić information content (AvgIpc) is 3.34. The highest BCUT2D eigenvalue weighted by Crippen LogP contribution is 2.32. The fourth-order valence-corrected chi connectivity index (χ4v) is 5.00. The fraction of sp³-hybridized carbons (Fsp3) is 0.214. The zero-order chi connectivity index (χ0) is 23.2. The van der Waals surface area contributed by atoms with Crippen molar-refractivity contribution in [3.8, 4) is 34.0 Å². The number of hydrogen-bond acceptors (Lipinski definition) is 4. The van der Waals surface area contributed by atoms with Crippen LogP contribution >= 0.6 is 11.3 Å². The molecular weight excluding hydrogens is 426 g/mol. The Bertz CT molecular complexity index is 1330. The van der Waals surface area contributed by atoms with Gasteiger partial charge in [-0.05, 0) is 60.8 Å². The van der Waals surface area contributed by atoms with Crippen LogP contribution in [0.5, 0.6) is 0 Å². The Balaban J connectivity index is 1.88. The van der Waals surface area contributed by atoms with Crippen molar-refractivity contribution in [3.63, 3.8) is 0 Å². The van der Waals surface area contributed by atoms with Crippen LogP contribution in [0.25, 0.3) is 27.9 Å². The van der Waals surface area contributed by atoms with Crippen molar-refractivity contribution in [1.29, 1.82) is 5.26 Å². The Labute approximate surface area is 199 Å². The van der Waals surface area contributed by atoms with E-state index in [1.807, 2.05) is 60.8 Å². The molecule has 4 nitrogen and oxygen atoms in total. The molecule has 2 aromatic heterocycles. The van der Waals surface area contributed by atoms with Crippen molar-refractivity contribution in [2.24, 2.45) is 0 Å². The molecule has 0 unspecified atom stereocenters. The SMILES string of the molecule is CCN(CC)CCc1sccc1-c1cc(-c2ccccc2C#N)c(=O)n(-c2ccccc2)c1. The van der Waals surface area contributed by atoms with E-state index in [0.29, 0.717) is 16.7 Å². The first-order chi connectivity index (χ1) is 16.2. The van der Waals surface area contributed by atoms with Gasteiger partial charge in [0.05, 0.1) is 11.6 Å². The minimum Gasteiger partial charge on any atom is -0.304 e. The predicted molar refractivity (Wildman–Crippen MR) is 137 cm³/mol. The summed E-state index contributed by atoms with van der Waals surface area (Å²) < 4.78 is 1.70. The Morgan fingerprint density at radius 1 is 0.939 bits per heavy atom. The van der Waals surface area contributed by atoms with Crippen molar-refractivity contribution in [2.45, 2.75) is 20.3 Å². The van der Waals surface area contributed by atoms with Crippen LogP contribution in [0.15, 0.2) is 83.1 Å². The number of hydrogen-bond donors (Lipinski definition) is 0. The van der Waals surface area contributed by atoms with E-state index in [1.165, 1.54) is 4.88 Å². The third kappa shape index (κ3) is 4.83. The van der Waals surface area contributed by atoms with Crippen LogP contribution in [0.3, 0.4) is 0 Å². The highest BCUT2D eigenvalue weighted by atomic mass is 32.1. The normalized spacial score (nSPS) is 11.0. The Morgan fingerprint density at radius 3 is 2.39 bits per heavy atom. The highest BCUT2D eigenvalue weighted by Gasteiger charge is 2.16. The molecule has 0 N–H and O–H groups in total. The maximum Gasteiger partial charge on any atom is 0.263 e. The highest BCUT2D eigenvalue weighted by molar-refractivity contribution is 7.10. The zero-order valence-electron chi connectivity index (χ0n) is 19.0. The van der Waals surface area contributed by atoms with Crippen LogP contribution in [0.2, 0.25) is 0 Å². The molecule has 2 aromatic carbocycles. The van der Waals surface area contributed by atoms with Crippen LogP contribution in [-0.4, -0.2) is 29.1 Å². The summed E-state index contributed by atoms with van der Waals surface area (Å²) >= 11 is 1.76. The smallest absolute Gasteiger partial charge is 0.263 e. The first kappa shape index (κ1) is 22.7. The molecule has 4 rings (SSSR count). The van der Waals surface area contributed by atoms with Gasteiger partial charge in [0.15, 0.2) is 0 Å². The Hall–Kier alpha value is -3.46. The quantitative estimate of drug-likeness (QED) is 0.329. The molecule has 0 saturated heterocycles. The number of nitriles is 1. The van der Waals surface area contributed by atoms with E-state index in [9.17, 15) is 10.1 Å². The number of nitrogens with zero attached hydrogens (tertiary/aromatic N) is 3. The van der Waals surface area contributed by atoms with Crippen LogP contribution in [-0.2, 0) is 6.42 Å². The number of pyridine rings is 1. The Kier molecular flexibility index (Phi) is 7.19. The minimum atomic E-state index is -0.132. The van der Waals surface area contributed by atoms with Gasteiger partial charge in [0, 0.05) is 40.0 Å². The lowest BCUT2D eigenvalue weighted by atomic mass is 9.98. The molecule has 0 bridgehead atoms. The summed E-state index contributed by atoms with van der Waals surface area (Å²) in [4.78, 5) is 17.3. The number of rotatable bonds is 8. The van der Waals surface area contributed by atoms with E-state index in [2.05, 4.69) is 36.3 Å². The summed E-state index contributed by atoms with van der Waals surface area (Å²) in [6.45, 7) is 7.44. The van der Waals surface area contributed by atoms with Crippen LogP contribution in [0.4, 0.5) is 0 Å². The van der Waals surface area contributed by atoms with E-state index in [-0.39, 0.29) is 5.56 Å². The maximum absolute atomic E-state index is 13.6. The molecule has 4 aromatic rings. The second-order valence-electron chi connectivity index (χ2n) is 7.84. The molecule has 0 aliphatic carbocycles. The average molecular weight is 454 g/mol. The van der Waals surface area contributed by atoms with Gasteiger partial charge in [0.2, 0.25) is 0 Å². The third-order valence-electron chi connectivity index (χ3n) is 6.00. The van der Waals surface area contributed by atoms with Crippen molar-refractivity contribution < 1.29 is 0 Å². The maximum atomic E-state index is 13.6. The Morgan fingerprint density at radius 2 is 1.67 bits per heavy atom. The molecule has 0 spiro atoms. The third-order valence-corrected chi connectivity index (χ3v) is 6.98. The molecule has 0 saturated carbocycles. The number of aromatic nitrogens is 1. The molecule has 33 heavy (non-hydrogen) atoms. The van der Waals surface area contributed by atoms with E-state index in [4.69, 9.17) is 0 Å². The van der Waals surface area contributed by atoms with Gasteiger partial charge in [-0.1, -0.05) is 50.2 Å². The molecule has 0 atom stereocenters. The lowest BCUT2D eigenvalue weighted by Gasteiger charge is -2.18. The summed E-state index contributed by atoms with van der Waals surface area (Å²) in [5.74, 6) is 0.